The van der Waals surface area contributed by atoms with E-state index in [1.807, 2.05) is 0 Å². The Hall–Kier alpha value is -1.73. The highest BCUT2D eigenvalue weighted by Gasteiger charge is 2.40. The van der Waals surface area contributed by atoms with Gasteiger partial charge in [-0.25, -0.2) is 18.4 Å². The molecule has 0 saturated heterocycles. The number of allylic oxidation sites excluding steroid dienone is 3. The zero-order valence-electron chi connectivity index (χ0n) is 10.6. The molecule has 3 rings (SSSR count). The molecule has 0 amide bonds. The summed E-state index contributed by atoms with van der Waals surface area (Å²) in [6.45, 7) is 1.63. The van der Waals surface area contributed by atoms with Gasteiger partial charge in [-0.05, 0) is 19.4 Å². The molecule has 0 fully saturated rings. The van der Waals surface area contributed by atoms with Gasteiger partial charge in [0.25, 0.3) is 10.0 Å². The first-order valence-corrected chi connectivity index (χ1v) is 7.70. The molecule has 2 aromatic rings. The Morgan fingerprint density at radius 3 is 2.90 bits per heavy atom. The minimum atomic E-state index is -3.74. The van der Waals surface area contributed by atoms with Gasteiger partial charge in [-0.2, -0.15) is 5.10 Å². The lowest BCUT2D eigenvalue weighted by molar-refractivity contribution is 0.547. The molecule has 0 saturated carbocycles. The fraction of sp³-hybridized carbons (Fsp3) is 0.250. The average molecular weight is 311 g/mol. The molecule has 0 aliphatic heterocycles. The Kier molecular flexibility index (Phi) is 2.91. The smallest absolute Gasteiger partial charge is 0.244 e. The molecular weight excluding hydrogens is 300 g/mol. The van der Waals surface area contributed by atoms with E-state index >= 15 is 0 Å². The second-order valence-electron chi connectivity index (χ2n) is 4.73. The van der Waals surface area contributed by atoms with Gasteiger partial charge in [0, 0.05) is 11.2 Å². The Balaban J connectivity index is 2.16. The number of hydrogen-bond donors (Lipinski definition) is 0. The predicted molar refractivity (Wildman–Crippen MR) is 75.7 cm³/mol. The maximum absolute atomic E-state index is 12.8. The van der Waals surface area contributed by atoms with Crippen LogP contribution in [0.15, 0.2) is 42.0 Å². The molecule has 0 N–H and O–H groups in total. The monoisotopic (exact) mass is 310 g/mol. The highest BCUT2D eigenvalue weighted by Crippen LogP contribution is 2.32. The molecule has 20 heavy (non-hydrogen) atoms. The van der Waals surface area contributed by atoms with E-state index in [9.17, 15) is 8.42 Å². The number of nitrogens with zero attached hydrogens (tertiary/aromatic N) is 4. The third kappa shape index (κ3) is 1.85. The largest absolute Gasteiger partial charge is 0.265 e. The number of hydrogen-bond acceptors (Lipinski definition) is 5. The molecule has 0 radical (unpaired) electrons. The summed E-state index contributed by atoms with van der Waals surface area (Å²) in [5, 5.41) is 5.05. The van der Waals surface area contributed by atoms with Gasteiger partial charge in [0.2, 0.25) is 0 Å². The SMILES string of the molecule is CC1(S(=O)(=O)n2ncc3cncnc32)C=CC(Cl)=CC1. The van der Waals surface area contributed by atoms with Crippen LogP contribution >= 0.6 is 11.6 Å². The number of aromatic nitrogens is 4. The fourth-order valence-corrected chi connectivity index (χ4v) is 3.63. The minimum absolute atomic E-state index is 0.273. The van der Waals surface area contributed by atoms with Crippen molar-refractivity contribution < 1.29 is 8.42 Å². The molecule has 1 aliphatic carbocycles. The summed E-state index contributed by atoms with van der Waals surface area (Å²) >= 11 is 5.85. The summed E-state index contributed by atoms with van der Waals surface area (Å²) in [5.41, 5.74) is 0.273. The summed E-state index contributed by atoms with van der Waals surface area (Å²) in [5.74, 6) is 0. The van der Waals surface area contributed by atoms with Crippen molar-refractivity contribution in [2.24, 2.45) is 0 Å². The van der Waals surface area contributed by atoms with Crippen LogP contribution < -0.4 is 0 Å². The van der Waals surface area contributed by atoms with Crippen molar-refractivity contribution in [3.05, 3.63) is 42.0 Å². The van der Waals surface area contributed by atoms with Crippen LogP contribution in [0.2, 0.25) is 0 Å². The van der Waals surface area contributed by atoms with E-state index in [1.165, 1.54) is 18.7 Å². The number of fused-ring (bicyclic) bond motifs is 1. The molecule has 8 heteroatoms. The first kappa shape index (κ1) is 13.3. The number of rotatable bonds is 2. The summed E-state index contributed by atoms with van der Waals surface area (Å²) in [6.07, 6.45) is 9.40. The fourth-order valence-electron chi connectivity index (χ4n) is 2.01. The van der Waals surface area contributed by atoms with Crippen LogP contribution in [-0.2, 0) is 10.0 Å². The highest BCUT2D eigenvalue weighted by molar-refractivity contribution is 7.91. The molecule has 104 valence electrons. The first-order chi connectivity index (χ1) is 9.44. The van der Waals surface area contributed by atoms with Crippen molar-refractivity contribution >= 4 is 32.7 Å². The van der Waals surface area contributed by atoms with Crippen LogP contribution in [0.25, 0.3) is 11.0 Å². The third-order valence-corrected chi connectivity index (χ3v) is 5.80. The highest BCUT2D eigenvalue weighted by atomic mass is 35.5. The second kappa shape index (κ2) is 4.39. The Morgan fingerprint density at radius 2 is 2.20 bits per heavy atom. The quantitative estimate of drug-likeness (QED) is 0.846. The first-order valence-electron chi connectivity index (χ1n) is 5.88. The Morgan fingerprint density at radius 1 is 1.40 bits per heavy atom. The van der Waals surface area contributed by atoms with Crippen LogP contribution in [0.1, 0.15) is 13.3 Å². The average Bonchev–Trinajstić information content (AvgIpc) is 2.86. The van der Waals surface area contributed by atoms with Crippen LogP contribution in [0.4, 0.5) is 0 Å². The summed E-state index contributed by atoms with van der Waals surface area (Å²) in [4.78, 5) is 7.84. The summed E-state index contributed by atoms with van der Waals surface area (Å²) < 4.78 is 25.5. The van der Waals surface area contributed by atoms with Gasteiger partial charge in [-0.15, -0.1) is 4.09 Å². The van der Waals surface area contributed by atoms with E-state index < -0.39 is 14.8 Å². The van der Waals surface area contributed by atoms with E-state index in [-0.39, 0.29) is 12.1 Å². The van der Waals surface area contributed by atoms with Crippen LogP contribution in [0.5, 0.6) is 0 Å². The molecule has 0 bridgehead atoms. The van der Waals surface area contributed by atoms with Crippen molar-refractivity contribution in [3.8, 4) is 0 Å². The number of halogens is 1. The maximum Gasteiger partial charge on any atom is 0.265 e. The zero-order chi connectivity index (χ0) is 14.4. The topological polar surface area (TPSA) is 77.7 Å². The van der Waals surface area contributed by atoms with Gasteiger partial charge in [-0.3, -0.25) is 0 Å². The van der Waals surface area contributed by atoms with Crippen LogP contribution in [0.3, 0.4) is 0 Å². The molecule has 0 spiro atoms. The van der Waals surface area contributed by atoms with Gasteiger partial charge < -0.3 is 0 Å². The van der Waals surface area contributed by atoms with Crippen molar-refractivity contribution in [1.29, 1.82) is 0 Å². The lowest BCUT2D eigenvalue weighted by Crippen LogP contribution is -2.38. The van der Waals surface area contributed by atoms with Gasteiger partial charge in [-0.1, -0.05) is 23.8 Å². The van der Waals surface area contributed by atoms with Crippen molar-refractivity contribution in [2.45, 2.75) is 18.1 Å². The molecular formula is C12H11ClN4O2S. The molecule has 0 aromatic carbocycles. The Bertz CT molecular complexity index is 840. The van der Waals surface area contributed by atoms with Crippen LogP contribution in [-0.4, -0.2) is 32.3 Å². The van der Waals surface area contributed by atoms with Gasteiger partial charge in [0.15, 0.2) is 5.65 Å². The van der Waals surface area contributed by atoms with E-state index in [2.05, 4.69) is 15.1 Å². The summed E-state index contributed by atoms with van der Waals surface area (Å²) in [7, 11) is -3.74. The zero-order valence-corrected chi connectivity index (χ0v) is 12.1. The predicted octanol–water partition coefficient (Wildman–Crippen LogP) is 1.85. The molecule has 6 nitrogen and oxygen atoms in total. The van der Waals surface area contributed by atoms with Gasteiger partial charge in [0.1, 0.15) is 11.1 Å². The molecule has 1 atom stereocenters. The lowest BCUT2D eigenvalue weighted by Gasteiger charge is -2.26. The maximum atomic E-state index is 12.8. The lowest BCUT2D eigenvalue weighted by atomic mass is 10.0. The second-order valence-corrected chi connectivity index (χ2v) is 7.40. The molecule has 1 unspecified atom stereocenters. The molecule has 1 aliphatic rings. The molecule has 2 aromatic heterocycles. The van der Waals surface area contributed by atoms with Gasteiger partial charge in [0.05, 0.1) is 11.6 Å². The van der Waals surface area contributed by atoms with Crippen molar-refractivity contribution in [2.75, 3.05) is 0 Å². The van der Waals surface area contributed by atoms with Crippen LogP contribution in [0, 0.1) is 0 Å². The third-order valence-electron chi connectivity index (χ3n) is 3.32. The van der Waals surface area contributed by atoms with Gasteiger partial charge >= 0.3 is 0 Å². The van der Waals surface area contributed by atoms with Crippen molar-refractivity contribution in [3.63, 3.8) is 0 Å². The van der Waals surface area contributed by atoms with E-state index in [1.54, 1.807) is 25.2 Å². The van der Waals surface area contributed by atoms with Crippen molar-refractivity contribution in [1.82, 2.24) is 19.2 Å². The molecule has 2 heterocycles. The Labute approximate surface area is 120 Å². The minimum Gasteiger partial charge on any atom is -0.244 e. The normalized spacial score (nSPS) is 23.0. The van der Waals surface area contributed by atoms with E-state index in [0.29, 0.717) is 10.4 Å². The summed E-state index contributed by atoms with van der Waals surface area (Å²) in [6, 6.07) is 0. The standard InChI is InChI=1S/C12H11ClN4O2S/c1-12(4-2-10(13)3-5-12)20(18,19)17-11-9(7-16-17)6-14-8-15-11/h2-4,6-8H,5H2,1H3. The van der Waals surface area contributed by atoms with E-state index in [4.69, 9.17) is 11.6 Å². The van der Waals surface area contributed by atoms with E-state index in [0.717, 1.165) is 4.09 Å².